The predicted molar refractivity (Wildman–Crippen MR) is 113 cm³/mol. The summed E-state index contributed by atoms with van der Waals surface area (Å²) in [6.45, 7) is 0. The molecule has 0 heterocycles. The third kappa shape index (κ3) is 3.23. The summed E-state index contributed by atoms with van der Waals surface area (Å²) in [4.78, 5) is 46.4. The zero-order valence-corrected chi connectivity index (χ0v) is 15.8. The number of nitrogens with two attached hydrogens (primary N) is 1. The minimum Gasteiger partial charge on any atom is -0.398 e. The Balaban J connectivity index is 1.78. The van der Waals surface area contributed by atoms with Gasteiger partial charge in [0.1, 0.15) is 0 Å². The van der Waals surface area contributed by atoms with Gasteiger partial charge in [0.15, 0.2) is 11.6 Å². The summed E-state index contributed by atoms with van der Waals surface area (Å²) in [5.74, 6) is -0.683. The SMILES string of the molecule is Nc1c(/C=C\c2ccc([N+](=O)[O-])cc2[N+](=O)[O-])ccc2c1C(=O)c1ccccc1C2=O. The van der Waals surface area contributed by atoms with E-state index in [1.165, 1.54) is 24.3 Å². The van der Waals surface area contributed by atoms with Gasteiger partial charge < -0.3 is 5.73 Å². The van der Waals surface area contributed by atoms with E-state index < -0.39 is 21.2 Å². The number of nitrogen functional groups attached to an aromatic ring is 1. The van der Waals surface area contributed by atoms with Crippen molar-refractivity contribution in [2.45, 2.75) is 0 Å². The lowest BCUT2D eigenvalue weighted by Crippen LogP contribution is -2.22. The molecule has 4 rings (SSSR count). The maximum absolute atomic E-state index is 12.9. The normalized spacial score (nSPS) is 12.5. The molecule has 0 fully saturated rings. The van der Waals surface area contributed by atoms with E-state index in [-0.39, 0.29) is 39.5 Å². The van der Waals surface area contributed by atoms with Gasteiger partial charge in [-0.2, -0.15) is 0 Å². The minimum atomic E-state index is -0.720. The molecule has 152 valence electrons. The molecule has 0 unspecified atom stereocenters. The highest BCUT2D eigenvalue weighted by Gasteiger charge is 2.31. The molecule has 2 N–H and O–H groups in total. The number of fused-ring (bicyclic) bond motifs is 2. The topological polar surface area (TPSA) is 146 Å². The van der Waals surface area contributed by atoms with E-state index in [4.69, 9.17) is 5.73 Å². The van der Waals surface area contributed by atoms with Crippen LogP contribution in [0.25, 0.3) is 12.2 Å². The number of anilines is 1. The molecule has 0 aliphatic heterocycles. The Hall–Kier alpha value is -4.66. The summed E-state index contributed by atoms with van der Waals surface area (Å²) in [6.07, 6.45) is 2.84. The van der Waals surface area contributed by atoms with Gasteiger partial charge in [0.25, 0.3) is 11.4 Å². The molecule has 0 saturated carbocycles. The molecule has 0 bridgehead atoms. The van der Waals surface area contributed by atoms with E-state index in [0.29, 0.717) is 11.1 Å². The van der Waals surface area contributed by atoms with Crippen molar-refractivity contribution >= 4 is 40.8 Å². The smallest absolute Gasteiger partial charge is 0.283 e. The third-order valence-corrected chi connectivity index (χ3v) is 5.03. The fourth-order valence-electron chi connectivity index (χ4n) is 3.50. The lowest BCUT2D eigenvalue weighted by Gasteiger charge is -2.19. The number of ketones is 2. The first kappa shape index (κ1) is 19.6. The number of carbonyl (C=O) groups is 2. The molecule has 0 atom stereocenters. The Labute approximate surface area is 174 Å². The van der Waals surface area contributed by atoms with Crippen molar-refractivity contribution in [3.8, 4) is 0 Å². The number of nitro benzene ring substituents is 2. The molecule has 9 heteroatoms. The maximum Gasteiger partial charge on any atom is 0.283 e. The van der Waals surface area contributed by atoms with Crippen molar-refractivity contribution in [1.82, 2.24) is 0 Å². The van der Waals surface area contributed by atoms with Crippen LogP contribution in [0.1, 0.15) is 43.0 Å². The Kier molecular flexibility index (Phi) is 4.63. The van der Waals surface area contributed by atoms with Crippen LogP contribution in [-0.2, 0) is 0 Å². The predicted octanol–water partition coefficient (Wildman–Crippen LogP) is 4.03. The first-order valence-electron chi connectivity index (χ1n) is 9.01. The summed E-state index contributed by atoms with van der Waals surface area (Å²) in [6, 6.07) is 12.8. The average Bonchev–Trinajstić information content (AvgIpc) is 2.76. The molecule has 0 saturated heterocycles. The van der Waals surface area contributed by atoms with Crippen molar-refractivity contribution in [2.24, 2.45) is 0 Å². The highest BCUT2D eigenvalue weighted by molar-refractivity contribution is 6.30. The van der Waals surface area contributed by atoms with E-state index in [1.807, 2.05) is 0 Å². The zero-order chi connectivity index (χ0) is 22.3. The van der Waals surface area contributed by atoms with Gasteiger partial charge >= 0.3 is 0 Å². The van der Waals surface area contributed by atoms with Crippen LogP contribution in [0, 0.1) is 20.2 Å². The number of nitrogens with zero attached hydrogens (tertiary/aromatic N) is 2. The summed E-state index contributed by atoms with van der Waals surface area (Å²) < 4.78 is 0. The second-order valence-electron chi connectivity index (χ2n) is 6.79. The van der Waals surface area contributed by atoms with Gasteiger partial charge in [-0.1, -0.05) is 36.4 Å². The largest absolute Gasteiger partial charge is 0.398 e. The van der Waals surface area contributed by atoms with Gasteiger partial charge in [0, 0.05) is 22.8 Å². The Morgan fingerprint density at radius 1 is 0.742 bits per heavy atom. The molecule has 31 heavy (non-hydrogen) atoms. The summed E-state index contributed by atoms with van der Waals surface area (Å²) in [5.41, 5.74) is 6.78. The van der Waals surface area contributed by atoms with E-state index in [1.54, 1.807) is 30.3 Å². The van der Waals surface area contributed by atoms with Crippen molar-refractivity contribution in [1.29, 1.82) is 0 Å². The Morgan fingerprint density at radius 2 is 1.35 bits per heavy atom. The number of carbonyl (C=O) groups excluding carboxylic acids is 2. The summed E-state index contributed by atoms with van der Waals surface area (Å²) in [5, 5.41) is 22.2. The standard InChI is InChI=1S/C22H13N3O6/c23-20-13(6-5-12-7-9-14(24(28)29)11-18(12)25(30)31)8-10-17-19(20)22(27)16-4-2-1-3-15(16)21(17)26/h1-11H,23H2/b6-5-. The van der Waals surface area contributed by atoms with Crippen LogP contribution in [0.2, 0.25) is 0 Å². The molecule has 3 aromatic carbocycles. The Bertz CT molecular complexity index is 1340. The van der Waals surface area contributed by atoms with Crippen LogP contribution in [0.4, 0.5) is 17.1 Å². The molecular weight excluding hydrogens is 402 g/mol. The first-order chi connectivity index (χ1) is 14.8. The van der Waals surface area contributed by atoms with Crippen LogP contribution < -0.4 is 5.73 Å². The van der Waals surface area contributed by atoms with Crippen LogP contribution in [-0.4, -0.2) is 21.4 Å². The number of nitro groups is 2. The number of rotatable bonds is 4. The van der Waals surface area contributed by atoms with Gasteiger partial charge in [0.2, 0.25) is 0 Å². The molecular formula is C22H13N3O6. The highest BCUT2D eigenvalue weighted by Crippen LogP contribution is 2.34. The number of hydrogen-bond acceptors (Lipinski definition) is 7. The van der Waals surface area contributed by atoms with Crippen molar-refractivity contribution in [3.05, 3.63) is 108 Å². The molecule has 1 aliphatic carbocycles. The van der Waals surface area contributed by atoms with Crippen LogP contribution >= 0.6 is 0 Å². The zero-order valence-electron chi connectivity index (χ0n) is 15.8. The maximum atomic E-state index is 12.9. The molecule has 0 radical (unpaired) electrons. The lowest BCUT2D eigenvalue weighted by atomic mass is 9.82. The number of benzene rings is 3. The van der Waals surface area contributed by atoms with Gasteiger partial charge in [0.05, 0.1) is 32.7 Å². The van der Waals surface area contributed by atoms with Crippen LogP contribution in [0.15, 0.2) is 54.6 Å². The van der Waals surface area contributed by atoms with E-state index >= 15 is 0 Å². The highest BCUT2D eigenvalue weighted by atomic mass is 16.6. The van der Waals surface area contributed by atoms with E-state index in [9.17, 15) is 29.8 Å². The average molecular weight is 415 g/mol. The van der Waals surface area contributed by atoms with Crippen molar-refractivity contribution in [3.63, 3.8) is 0 Å². The third-order valence-electron chi connectivity index (χ3n) is 5.03. The van der Waals surface area contributed by atoms with Crippen molar-refractivity contribution in [2.75, 3.05) is 5.73 Å². The number of hydrogen-bond donors (Lipinski definition) is 1. The molecule has 0 spiro atoms. The molecule has 0 aromatic heterocycles. The first-order valence-corrected chi connectivity index (χ1v) is 9.01. The summed E-state index contributed by atoms with van der Waals surface area (Å²) >= 11 is 0. The Morgan fingerprint density at radius 3 is 2.00 bits per heavy atom. The van der Waals surface area contributed by atoms with Gasteiger partial charge in [-0.15, -0.1) is 0 Å². The van der Waals surface area contributed by atoms with Gasteiger partial charge in [-0.25, -0.2) is 0 Å². The van der Waals surface area contributed by atoms with E-state index in [0.717, 1.165) is 12.1 Å². The quantitative estimate of drug-likeness (QED) is 0.229. The van der Waals surface area contributed by atoms with Crippen LogP contribution in [0.3, 0.4) is 0 Å². The molecule has 9 nitrogen and oxygen atoms in total. The number of non-ortho nitro benzene ring substituents is 1. The minimum absolute atomic E-state index is 0.0752. The second-order valence-corrected chi connectivity index (χ2v) is 6.79. The van der Waals surface area contributed by atoms with Crippen molar-refractivity contribution < 1.29 is 19.4 Å². The van der Waals surface area contributed by atoms with E-state index in [2.05, 4.69) is 0 Å². The monoisotopic (exact) mass is 415 g/mol. The van der Waals surface area contributed by atoms with Gasteiger partial charge in [-0.05, 0) is 23.8 Å². The molecule has 0 amide bonds. The van der Waals surface area contributed by atoms with Crippen LogP contribution in [0.5, 0.6) is 0 Å². The fraction of sp³-hybridized carbons (Fsp3) is 0. The second kappa shape index (κ2) is 7.30. The fourth-order valence-corrected chi connectivity index (χ4v) is 3.50. The van der Waals surface area contributed by atoms with Gasteiger partial charge in [-0.3, -0.25) is 29.8 Å². The summed E-state index contributed by atoms with van der Waals surface area (Å²) in [7, 11) is 0. The lowest BCUT2D eigenvalue weighted by molar-refractivity contribution is -0.394. The molecule has 1 aliphatic rings. The molecule has 3 aromatic rings.